The number of rotatable bonds is 3. The minimum atomic E-state index is -5.95. The fourth-order valence-electron chi connectivity index (χ4n) is 2.22. The van der Waals surface area contributed by atoms with E-state index >= 15 is 0 Å². The van der Waals surface area contributed by atoms with E-state index < -0.39 is 40.9 Å². The van der Waals surface area contributed by atoms with Crippen molar-refractivity contribution >= 4 is 11.6 Å². The van der Waals surface area contributed by atoms with Gasteiger partial charge in [-0.25, -0.2) is 18.7 Å². The molecule has 136 valence electrons. The summed E-state index contributed by atoms with van der Waals surface area (Å²) < 4.78 is 79.5. The molecule has 0 aliphatic heterocycles. The average molecular weight is 375 g/mol. The van der Waals surface area contributed by atoms with Gasteiger partial charge in [-0.2, -0.15) is 27.1 Å². The molecule has 0 spiro atoms. The van der Waals surface area contributed by atoms with Gasteiger partial charge < -0.3 is 5.11 Å². The van der Waals surface area contributed by atoms with Crippen molar-refractivity contribution in [3.8, 4) is 11.3 Å². The highest BCUT2D eigenvalue weighted by Gasteiger charge is 2.60. The molecule has 3 aromatic rings. The van der Waals surface area contributed by atoms with E-state index in [-0.39, 0.29) is 15.8 Å². The maximum absolute atomic E-state index is 13.9. The van der Waals surface area contributed by atoms with Gasteiger partial charge in [-0.3, -0.25) is 0 Å². The predicted molar refractivity (Wildman–Crippen MR) is 75.3 cm³/mol. The molecule has 2 aromatic heterocycles. The SMILES string of the molecule is O=C(O)c1cc2nc(-c3ccc(F)cc3)cc(C(F)(F)C(F)(F)F)n2n1. The summed E-state index contributed by atoms with van der Waals surface area (Å²) in [4.78, 5) is 14.8. The number of alkyl halides is 5. The first-order valence-corrected chi connectivity index (χ1v) is 6.86. The highest BCUT2D eigenvalue weighted by Crippen LogP contribution is 2.44. The van der Waals surface area contributed by atoms with Crippen molar-refractivity contribution in [2.24, 2.45) is 0 Å². The molecule has 0 saturated carbocycles. The predicted octanol–water partition coefficient (Wildman–Crippen LogP) is 3.89. The van der Waals surface area contributed by atoms with Gasteiger partial charge in [-0.05, 0) is 30.3 Å². The Kier molecular flexibility index (Phi) is 3.89. The molecule has 1 N–H and O–H groups in total. The van der Waals surface area contributed by atoms with Gasteiger partial charge in [0, 0.05) is 11.6 Å². The summed E-state index contributed by atoms with van der Waals surface area (Å²) in [5.41, 5.74) is -3.16. The highest BCUT2D eigenvalue weighted by atomic mass is 19.4. The van der Waals surface area contributed by atoms with Crippen molar-refractivity contribution < 1.29 is 36.2 Å². The second-order valence-corrected chi connectivity index (χ2v) is 5.21. The van der Waals surface area contributed by atoms with Crippen LogP contribution in [0.25, 0.3) is 16.9 Å². The lowest BCUT2D eigenvalue weighted by Crippen LogP contribution is -2.36. The molecule has 0 saturated heterocycles. The molecule has 5 nitrogen and oxygen atoms in total. The summed E-state index contributed by atoms with van der Waals surface area (Å²) in [6.45, 7) is 0. The van der Waals surface area contributed by atoms with Crippen LogP contribution in [0.5, 0.6) is 0 Å². The number of halogens is 6. The van der Waals surface area contributed by atoms with Crippen LogP contribution in [-0.4, -0.2) is 31.9 Å². The van der Waals surface area contributed by atoms with Crippen LogP contribution < -0.4 is 0 Å². The van der Waals surface area contributed by atoms with Crippen molar-refractivity contribution in [1.29, 1.82) is 0 Å². The van der Waals surface area contributed by atoms with Gasteiger partial charge in [0.1, 0.15) is 11.5 Å². The maximum atomic E-state index is 13.9. The van der Waals surface area contributed by atoms with Crippen LogP contribution in [0.4, 0.5) is 26.3 Å². The molecule has 3 rings (SSSR count). The van der Waals surface area contributed by atoms with Gasteiger partial charge in [0.05, 0.1) is 5.69 Å². The Hall–Kier alpha value is -3.11. The van der Waals surface area contributed by atoms with E-state index in [4.69, 9.17) is 5.11 Å². The fourth-order valence-corrected chi connectivity index (χ4v) is 2.22. The topological polar surface area (TPSA) is 67.5 Å². The number of nitrogens with zero attached hydrogens (tertiary/aromatic N) is 3. The summed E-state index contributed by atoms with van der Waals surface area (Å²) in [6.07, 6.45) is -5.95. The molecule has 11 heteroatoms. The Morgan fingerprint density at radius 3 is 2.19 bits per heavy atom. The van der Waals surface area contributed by atoms with E-state index in [1.165, 1.54) is 0 Å². The third-order valence-electron chi connectivity index (χ3n) is 3.46. The zero-order valence-corrected chi connectivity index (χ0v) is 12.4. The normalized spacial score (nSPS) is 12.5. The minimum absolute atomic E-state index is 0.0613. The van der Waals surface area contributed by atoms with Crippen LogP contribution in [-0.2, 0) is 5.92 Å². The Morgan fingerprint density at radius 1 is 1.04 bits per heavy atom. The lowest BCUT2D eigenvalue weighted by molar-refractivity contribution is -0.291. The molecule has 0 aliphatic rings. The smallest absolute Gasteiger partial charge is 0.459 e. The summed E-state index contributed by atoms with van der Waals surface area (Å²) in [7, 11) is 0. The van der Waals surface area contributed by atoms with Gasteiger partial charge in [-0.15, -0.1) is 0 Å². The second-order valence-electron chi connectivity index (χ2n) is 5.21. The molecule has 0 radical (unpaired) electrons. The molecular weight excluding hydrogens is 368 g/mol. The van der Waals surface area contributed by atoms with Gasteiger partial charge in [0.25, 0.3) is 0 Å². The second kappa shape index (κ2) is 5.71. The van der Waals surface area contributed by atoms with Crippen LogP contribution in [0.2, 0.25) is 0 Å². The summed E-state index contributed by atoms with van der Waals surface area (Å²) in [5, 5.41) is 12.2. The number of benzene rings is 1. The Balaban J connectivity index is 2.32. The van der Waals surface area contributed by atoms with Gasteiger partial charge in [-0.1, -0.05) is 0 Å². The average Bonchev–Trinajstić information content (AvgIpc) is 2.97. The molecule has 0 aliphatic carbocycles. The third-order valence-corrected chi connectivity index (χ3v) is 3.46. The number of carbonyl (C=O) groups is 1. The molecule has 0 atom stereocenters. The Bertz CT molecular complexity index is 995. The van der Waals surface area contributed by atoms with E-state index in [1.807, 2.05) is 0 Å². The van der Waals surface area contributed by atoms with Gasteiger partial charge >= 0.3 is 18.1 Å². The van der Waals surface area contributed by atoms with Crippen molar-refractivity contribution in [3.05, 3.63) is 53.6 Å². The Morgan fingerprint density at radius 2 is 1.65 bits per heavy atom. The number of carboxylic acid groups (broad SMARTS) is 1. The number of carboxylic acids is 1. The van der Waals surface area contributed by atoms with E-state index in [0.29, 0.717) is 6.07 Å². The third kappa shape index (κ3) is 2.85. The van der Waals surface area contributed by atoms with E-state index in [0.717, 1.165) is 30.3 Å². The summed E-state index contributed by atoms with van der Waals surface area (Å²) in [5.74, 6) is -7.60. The zero-order valence-electron chi connectivity index (χ0n) is 12.4. The maximum Gasteiger partial charge on any atom is 0.459 e. The molecule has 26 heavy (non-hydrogen) atoms. The van der Waals surface area contributed by atoms with Crippen LogP contribution >= 0.6 is 0 Å². The minimum Gasteiger partial charge on any atom is -0.476 e. The number of aromatic carboxylic acids is 1. The molecule has 0 bridgehead atoms. The quantitative estimate of drug-likeness (QED) is 0.706. The monoisotopic (exact) mass is 375 g/mol. The fraction of sp³-hybridized carbons (Fsp3) is 0.133. The van der Waals surface area contributed by atoms with Crippen molar-refractivity contribution in [1.82, 2.24) is 14.6 Å². The van der Waals surface area contributed by atoms with Gasteiger partial charge in [0.15, 0.2) is 11.3 Å². The number of hydrogen-bond acceptors (Lipinski definition) is 3. The van der Waals surface area contributed by atoms with E-state index in [1.54, 1.807) is 0 Å². The lowest BCUT2D eigenvalue weighted by atomic mass is 10.1. The van der Waals surface area contributed by atoms with Crippen molar-refractivity contribution in [2.75, 3.05) is 0 Å². The molecule has 0 unspecified atom stereocenters. The van der Waals surface area contributed by atoms with Crippen LogP contribution in [0, 0.1) is 5.82 Å². The summed E-state index contributed by atoms with van der Waals surface area (Å²) in [6, 6.07) is 5.41. The van der Waals surface area contributed by atoms with Crippen molar-refractivity contribution in [3.63, 3.8) is 0 Å². The molecule has 1 aromatic carbocycles. The molecule has 2 heterocycles. The van der Waals surface area contributed by atoms with Crippen LogP contribution in [0.1, 0.15) is 16.2 Å². The highest BCUT2D eigenvalue weighted by molar-refractivity contribution is 5.86. The van der Waals surface area contributed by atoms with Crippen LogP contribution in [0.3, 0.4) is 0 Å². The molecule has 0 fully saturated rings. The number of aromatic nitrogens is 3. The standard InChI is InChI=1S/C15H7F6N3O2/c16-8-3-1-7(2-4-8)9-5-11(14(17,18)15(19,20)21)24-12(22-9)6-10(23-24)13(25)26/h1-6H,(H,25,26). The van der Waals surface area contributed by atoms with E-state index in [2.05, 4.69) is 10.1 Å². The van der Waals surface area contributed by atoms with Crippen LogP contribution in [0.15, 0.2) is 36.4 Å². The molecule has 0 amide bonds. The number of hydrogen-bond donors (Lipinski definition) is 1. The zero-order chi connectivity index (χ0) is 19.3. The van der Waals surface area contributed by atoms with Crippen molar-refractivity contribution in [2.45, 2.75) is 12.1 Å². The number of fused-ring (bicyclic) bond motifs is 1. The lowest BCUT2D eigenvalue weighted by Gasteiger charge is -2.21. The van der Waals surface area contributed by atoms with Gasteiger partial charge in [0.2, 0.25) is 0 Å². The molecular formula is C15H7F6N3O2. The van der Waals surface area contributed by atoms with E-state index in [9.17, 15) is 31.1 Å². The first kappa shape index (κ1) is 17.7. The first-order chi connectivity index (χ1) is 12.0. The largest absolute Gasteiger partial charge is 0.476 e. The first-order valence-electron chi connectivity index (χ1n) is 6.86. The Labute approximate surface area is 140 Å². The summed E-state index contributed by atoms with van der Waals surface area (Å²) >= 11 is 0.